The summed E-state index contributed by atoms with van der Waals surface area (Å²) in [7, 11) is 0. The van der Waals surface area contributed by atoms with Gasteiger partial charge in [0.05, 0.1) is 24.2 Å². The lowest BCUT2D eigenvalue weighted by atomic mass is 10.1. The molecule has 6 nitrogen and oxygen atoms in total. The molecule has 1 aromatic carbocycles. The normalized spacial score (nSPS) is 23.7. The minimum absolute atomic E-state index is 0.0661. The molecule has 1 aliphatic heterocycles. The van der Waals surface area contributed by atoms with Crippen LogP contribution in [0.5, 0.6) is 0 Å². The largest absolute Gasteiger partial charge is 0.481 e. The van der Waals surface area contributed by atoms with Crippen LogP contribution in [0.15, 0.2) is 30.3 Å². The first-order valence-electron chi connectivity index (χ1n) is 7.15. The number of hydrogen-bond donors (Lipinski definition) is 1. The number of ether oxygens (including phenoxy) is 3. The maximum Gasteiger partial charge on any atom is 0.338 e. The Bertz CT molecular complexity index is 525. The summed E-state index contributed by atoms with van der Waals surface area (Å²) in [6, 6.07) is 8.67. The van der Waals surface area contributed by atoms with Crippen LogP contribution < -0.4 is 0 Å². The van der Waals surface area contributed by atoms with E-state index in [1.807, 2.05) is 6.07 Å². The van der Waals surface area contributed by atoms with Gasteiger partial charge in [0.1, 0.15) is 6.61 Å². The van der Waals surface area contributed by atoms with Crippen molar-refractivity contribution < 1.29 is 28.9 Å². The number of rotatable bonds is 5. The van der Waals surface area contributed by atoms with Crippen LogP contribution in [0.25, 0.3) is 0 Å². The predicted molar refractivity (Wildman–Crippen MR) is 77.4 cm³/mol. The zero-order chi connectivity index (χ0) is 16.2. The Hall–Kier alpha value is -1.92. The molecule has 1 heterocycles. The van der Waals surface area contributed by atoms with Crippen LogP contribution in [0.1, 0.15) is 37.0 Å². The van der Waals surface area contributed by atoms with Crippen molar-refractivity contribution in [3.05, 3.63) is 35.9 Å². The van der Waals surface area contributed by atoms with E-state index >= 15 is 0 Å². The average Bonchev–Trinajstić information content (AvgIpc) is 2.43. The highest BCUT2D eigenvalue weighted by Crippen LogP contribution is 2.28. The van der Waals surface area contributed by atoms with Crippen LogP contribution >= 0.6 is 0 Å². The lowest BCUT2D eigenvalue weighted by Gasteiger charge is -2.40. The van der Waals surface area contributed by atoms with Crippen molar-refractivity contribution >= 4 is 11.9 Å². The number of hydrogen-bond acceptors (Lipinski definition) is 5. The van der Waals surface area contributed by atoms with Crippen molar-refractivity contribution in [3.63, 3.8) is 0 Å². The van der Waals surface area contributed by atoms with Crippen molar-refractivity contribution in [1.82, 2.24) is 0 Å². The fourth-order valence-corrected chi connectivity index (χ4v) is 2.47. The Kier molecular flexibility index (Phi) is 5.15. The second-order valence-electron chi connectivity index (χ2n) is 5.68. The smallest absolute Gasteiger partial charge is 0.338 e. The lowest BCUT2D eigenvalue weighted by molar-refractivity contribution is -0.303. The van der Waals surface area contributed by atoms with Crippen molar-refractivity contribution in [2.24, 2.45) is 0 Å². The van der Waals surface area contributed by atoms with Gasteiger partial charge in [-0.25, -0.2) is 4.79 Å². The Morgan fingerprint density at radius 3 is 2.50 bits per heavy atom. The van der Waals surface area contributed by atoms with Gasteiger partial charge >= 0.3 is 11.9 Å². The second-order valence-corrected chi connectivity index (χ2v) is 5.68. The Labute approximate surface area is 129 Å². The summed E-state index contributed by atoms with van der Waals surface area (Å²) in [5, 5.41) is 8.88. The minimum Gasteiger partial charge on any atom is -0.481 e. The fourth-order valence-electron chi connectivity index (χ4n) is 2.47. The third-order valence-corrected chi connectivity index (χ3v) is 3.24. The van der Waals surface area contributed by atoms with Crippen LogP contribution in [0.3, 0.4) is 0 Å². The van der Waals surface area contributed by atoms with Crippen LogP contribution in [0, 0.1) is 0 Å². The van der Waals surface area contributed by atoms with E-state index in [-0.39, 0.29) is 19.1 Å². The topological polar surface area (TPSA) is 82.1 Å². The number of carboxylic acids is 1. The molecule has 22 heavy (non-hydrogen) atoms. The van der Waals surface area contributed by atoms with E-state index in [0.29, 0.717) is 12.0 Å². The van der Waals surface area contributed by atoms with Crippen molar-refractivity contribution in [2.75, 3.05) is 6.61 Å². The van der Waals surface area contributed by atoms with Gasteiger partial charge in [0.15, 0.2) is 5.79 Å². The summed E-state index contributed by atoms with van der Waals surface area (Å²) in [6.45, 7) is 3.50. The van der Waals surface area contributed by atoms with Gasteiger partial charge in [0, 0.05) is 6.42 Å². The van der Waals surface area contributed by atoms with E-state index in [2.05, 4.69) is 0 Å². The highest BCUT2D eigenvalue weighted by Gasteiger charge is 2.36. The van der Waals surface area contributed by atoms with Gasteiger partial charge in [0.25, 0.3) is 0 Å². The number of benzene rings is 1. The molecule has 1 saturated heterocycles. The number of aliphatic carboxylic acids is 1. The SMILES string of the molecule is CC1(C)OC(COC(=O)c2ccccc2)C[C@H](CC(=O)O)O1. The van der Waals surface area contributed by atoms with E-state index in [4.69, 9.17) is 19.3 Å². The maximum absolute atomic E-state index is 11.9. The summed E-state index contributed by atoms with van der Waals surface area (Å²) in [5.74, 6) is -2.26. The average molecular weight is 308 g/mol. The molecule has 1 N–H and O–H groups in total. The summed E-state index contributed by atoms with van der Waals surface area (Å²) in [6.07, 6.45) is -0.573. The van der Waals surface area contributed by atoms with Gasteiger partial charge < -0.3 is 19.3 Å². The monoisotopic (exact) mass is 308 g/mol. The van der Waals surface area contributed by atoms with Crippen molar-refractivity contribution in [1.29, 1.82) is 0 Å². The van der Waals surface area contributed by atoms with Gasteiger partial charge in [0.2, 0.25) is 0 Å². The number of carbonyl (C=O) groups excluding carboxylic acids is 1. The van der Waals surface area contributed by atoms with Crippen molar-refractivity contribution in [2.45, 2.75) is 44.7 Å². The zero-order valence-corrected chi connectivity index (χ0v) is 12.7. The van der Waals surface area contributed by atoms with Gasteiger partial charge in [-0.15, -0.1) is 0 Å². The van der Waals surface area contributed by atoms with E-state index in [0.717, 1.165) is 0 Å². The first-order valence-corrected chi connectivity index (χ1v) is 7.15. The van der Waals surface area contributed by atoms with E-state index in [9.17, 15) is 9.59 Å². The molecule has 1 fully saturated rings. The standard InChI is InChI=1S/C16H20O6/c1-16(2)21-12(9-14(17)18)8-13(22-16)10-20-15(19)11-6-4-3-5-7-11/h3-7,12-13H,8-10H2,1-2H3,(H,17,18)/t12-,13?/m1/s1. The molecule has 2 atom stereocenters. The van der Waals surface area contributed by atoms with E-state index < -0.39 is 23.8 Å². The van der Waals surface area contributed by atoms with Gasteiger partial charge in [-0.1, -0.05) is 18.2 Å². The Morgan fingerprint density at radius 1 is 1.23 bits per heavy atom. The maximum atomic E-state index is 11.9. The molecule has 0 amide bonds. The van der Waals surface area contributed by atoms with Gasteiger partial charge in [-0.2, -0.15) is 0 Å². The third-order valence-electron chi connectivity index (χ3n) is 3.24. The fraction of sp³-hybridized carbons (Fsp3) is 0.500. The predicted octanol–water partition coefficient (Wildman–Crippen LogP) is 2.23. The van der Waals surface area contributed by atoms with Crippen LogP contribution in [0.4, 0.5) is 0 Å². The molecule has 0 bridgehead atoms. The molecule has 120 valence electrons. The Balaban J connectivity index is 1.91. The van der Waals surface area contributed by atoms with Gasteiger partial charge in [-0.05, 0) is 26.0 Å². The lowest BCUT2D eigenvalue weighted by Crippen LogP contribution is -2.47. The molecule has 1 aromatic rings. The highest BCUT2D eigenvalue weighted by molar-refractivity contribution is 5.89. The molecular formula is C16H20O6. The molecule has 0 radical (unpaired) electrons. The molecular weight excluding hydrogens is 288 g/mol. The summed E-state index contributed by atoms with van der Waals surface area (Å²) in [5.41, 5.74) is 0.468. The number of carboxylic acid groups (broad SMARTS) is 1. The van der Waals surface area contributed by atoms with Crippen LogP contribution in [0.2, 0.25) is 0 Å². The molecule has 1 aliphatic rings. The summed E-state index contributed by atoms with van der Waals surface area (Å²) in [4.78, 5) is 22.7. The first-order chi connectivity index (χ1) is 10.4. The first kappa shape index (κ1) is 16.5. The Morgan fingerprint density at radius 2 is 1.86 bits per heavy atom. The molecule has 0 spiro atoms. The molecule has 1 unspecified atom stereocenters. The molecule has 2 rings (SSSR count). The zero-order valence-electron chi connectivity index (χ0n) is 12.7. The quantitative estimate of drug-likeness (QED) is 0.840. The summed E-state index contributed by atoms with van der Waals surface area (Å²) >= 11 is 0. The van der Waals surface area contributed by atoms with Crippen LogP contribution in [-0.4, -0.2) is 41.6 Å². The number of esters is 1. The molecule has 0 saturated carbocycles. The summed E-state index contributed by atoms with van der Waals surface area (Å²) < 4.78 is 16.5. The van der Waals surface area contributed by atoms with E-state index in [1.165, 1.54) is 0 Å². The van der Waals surface area contributed by atoms with Crippen LogP contribution in [-0.2, 0) is 19.0 Å². The van der Waals surface area contributed by atoms with Crippen molar-refractivity contribution in [3.8, 4) is 0 Å². The molecule has 0 aromatic heterocycles. The minimum atomic E-state index is -0.928. The van der Waals surface area contributed by atoms with Gasteiger partial charge in [-0.3, -0.25) is 4.79 Å². The molecule has 0 aliphatic carbocycles. The highest BCUT2D eigenvalue weighted by atomic mass is 16.7. The molecule has 6 heteroatoms. The van der Waals surface area contributed by atoms with E-state index in [1.54, 1.807) is 38.1 Å². The third kappa shape index (κ3) is 4.82. The number of carbonyl (C=O) groups is 2. The second kappa shape index (κ2) is 6.89.